The quantitative estimate of drug-likeness (QED) is 0.675. The number of amidine groups is 1. The van der Waals surface area contributed by atoms with Crippen LogP contribution in [0.4, 0.5) is 19.0 Å². The van der Waals surface area contributed by atoms with Gasteiger partial charge in [0.1, 0.15) is 12.2 Å². The molecule has 10 heteroatoms. The lowest BCUT2D eigenvalue weighted by Crippen LogP contribution is -2.36. The van der Waals surface area contributed by atoms with Gasteiger partial charge in [-0.1, -0.05) is 11.2 Å². The van der Waals surface area contributed by atoms with Gasteiger partial charge >= 0.3 is 6.18 Å². The van der Waals surface area contributed by atoms with E-state index in [9.17, 15) is 13.2 Å². The second-order valence-electron chi connectivity index (χ2n) is 7.07. The third kappa shape index (κ3) is 2.11. The van der Waals surface area contributed by atoms with Gasteiger partial charge in [0.25, 0.3) is 0 Å². The summed E-state index contributed by atoms with van der Waals surface area (Å²) in [6.45, 7) is 0.873. The van der Waals surface area contributed by atoms with Gasteiger partial charge < -0.3 is 9.42 Å². The average molecular weight is 386 g/mol. The molecule has 1 aromatic carbocycles. The van der Waals surface area contributed by atoms with Crippen molar-refractivity contribution < 1.29 is 17.7 Å². The molecule has 0 unspecified atom stereocenters. The van der Waals surface area contributed by atoms with E-state index in [1.165, 1.54) is 12.4 Å². The molecule has 28 heavy (non-hydrogen) atoms. The van der Waals surface area contributed by atoms with E-state index in [-0.39, 0.29) is 5.56 Å². The maximum atomic E-state index is 13.6. The highest BCUT2D eigenvalue weighted by Gasteiger charge is 2.42. The second kappa shape index (κ2) is 5.21. The van der Waals surface area contributed by atoms with Gasteiger partial charge in [-0.2, -0.15) is 18.2 Å². The van der Waals surface area contributed by atoms with Crippen molar-refractivity contribution in [3.05, 3.63) is 41.5 Å². The SMILES string of the molecule is FC(F)(F)c1cccc2c1C1=NCCN1c1c(-c3noc(C4CC4)n3)ncn1-2. The van der Waals surface area contributed by atoms with E-state index in [1.807, 2.05) is 0 Å². The molecule has 2 aromatic heterocycles. The Hall–Kier alpha value is -3.17. The zero-order valence-electron chi connectivity index (χ0n) is 14.4. The van der Waals surface area contributed by atoms with Crippen LogP contribution in [0.25, 0.3) is 17.2 Å². The number of anilines is 1. The molecule has 142 valence electrons. The van der Waals surface area contributed by atoms with Gasteiger partial charge in [-0.25, -0.2) is 4.98 Å². The molecular formula is C18H13F3N6O. The van der Waals surface area contributed by atoms with E-state index >= 15 is 0 Å². The van der Waals surface area contributed by atoms with Gasteiger partial charge in [-0.15, -0.1) is 0 Å². The predicted octanol–water partition coefficient (Wildman–Crippen LogP) is 3.40. The average Bonchev–Trinajstić information content (AvgIpc) is 3.10. The van der Waals surface area contributed by atoms with Crippen molar-refractivity contribution in [2.24, 2.45) is 4.99 Å². The number of imidazole rings is 1. The van der Waals surface area contributed by atoms with Gasteiger partial charge in [0.15, 0.2) is 11.5 Å². The Balaban J connectivity index is 1.57. The van der Waals surface area contributed by atoms with Crippen molar-refractivity contribution in [1.82, 2.24) is 19.7 Å². The van der Waals surface area contributed by atoms with Crippen LogP contribution in [0.2, 0.25) is 0 Å². The first-order valence-corrected chi connectivity index (χ1v) is 8.96. The summed E-state index contributed by atoms with van der Waals surface area (Å²) in [5.41, 5.74) is 0.252. The molecule has 0 N–H and O–H groups in total. The molecule has 7 nitrogen and oxygen atoms in total. The lowest BCUT2D eigenvalue weighted by Gasteiger charge is -2.31. The maximum Gasteiger partial charge on any atom is 0.417 e. The van der Waals surface area contributed by atoms with E-state index in [0.717, 1.165) is 18.9 Å². The second-order valence-corrected chi connectivity index (χ2v) is 7.07. The fourth-order valence-electron chi connectivity index (χ4n) is 3.84. The number of benzene rings is 1. The number of aliphatic imine (C=N–C) groups is 1. The predicted molar refractivity (Wildman–Crippen MR) is 92.6 cm³/mol. The fourth-order valence-corrected chi connectivity index (χ4v) is 3.84. The van der Waals surface area contributed by atoms with Gasteiger partial charge in [0.05, 0.1) is 23.4 Å². The molecule has 6 rings (SSSR count). The van der Waals surface area contributed by atoms with Crippen molar-refractivity contribution >= 4 is 11.7 Å². The van der Waals surface area contributed by atoms with Crippen molar-refractivity contribution in [1.29, 1.82) is 0 Å². The number of nitrogens with zero attached hydrogens (tertiary/aromatic N) is 6. The number of fused-ring (bicyclic) bond motifs is 6. The molecule has 0 spiro atoms. The van der Waals surface area contributed by atoms with Crippen LogP contribution in [0.3, 0.4) is 0 Å². The lowest BCUT2D eigenvalue weighted by atomic mass is 10.0. The molecule has 0 radical (unpaired) electrons. The van der Waals surface area contributed by atoms with Crippen LogP contribution in [0, 0.1) is 0 Å². The summed E-state index contributed by atoms with van der Waals surface area (Å²) in [6.07, 6.45) is -0.916. The Morgan fingerprint density at radius 1 is 1.18 bits per heavy atom. The van der Waals surface area contributed by atoms with E-state index in [0.29, 0.717) is 53.8 Å². The van der Waals surface area contributed by atoms with Gasteiger partial charge in [0.2, 0.25) is 11.7 Å². The monoisotopic (exact) mass is 386 g/mol. The molecule has 0 saturated heterocycles. The van der Waals surface area contributed by atoms with Crippen LogP contribution in [0.5, 0.6) is 0 Å². The summed E-state index contributed by atoms with van der Waals surface area (Å²) in [4.78, 5) is 15.0. The normalized spacial score (nSPS) is 18.0. The number of hydrogen-bond donors (Lipinski definition) is 0. The van der Waals surface area contributed by atoms with Crippen LogP contribution in [0.15, 0.2) is 34.0 Å². The topological polar surface area (TPSA) is 72.3 Å². The minimum atomic E-state index is -4.48. The number of rotatable bonds is 2. The van der Waals surface area contributed by atoms with Crippen LogP contribution >= 0.6 is 0 Å². The third-order valence-corrected chi connectivity index (χ3v) is 5.25. The Kier molecular flexibility index (Phi) is 2.95. The summed E-state index contributed by atoms with van der Waals surface area (Å²) >= 11 is 0. The molecule has 1 fully saturated rings. The van der Waals surface area contributed by atoms with Crippen molar-refractivity contribution in [2.45, 2.75) is 24.9 Å². The number of aromatic nitrogens is 4. The number of hydrogen-bond acceptors (Lipinski definition) is 6. The van der Waals surface area contributed by atoms with Gasteiger partial charge in [-0.3, -0.25) is 9.56 Å². The molecule has 0 bridgehead atoms. The van der Waals surface area contributed by atoms with Crippen LogP contribution < -0.4 is 4.90 Å². The largest absolute Gasteiger partial charge is 0.417 e. The van der Waals surface area contributed by atoms with E-state index in [2.05, 4.69) is 20.1 Å². The number of alkyl halides is 3. The Morgan fingerprint density at radius 2 is 2.04 bits per heavy atom. The van der Waals surface area contributed by atoms with Crippen LogP contribution in [0.1, 0.15) is 35.8 Å². The lowest BCUT2D eigenvalue weighted by molar-refractivity contribution is -0.137. The van der Waals surface area contributed by atoms with E-state index in [1.54, 1.807) is 15.5 Å². The molecule has 0 amide bonds. The summed E-state index contributed by atoms with van der Waals surface area (Å²) in [5.74, 6) is 2.16. The van der Waals surface area contributed by atoms with Crippen LogP contribution in [-0.4, -0.2) is 38.6 Å². The third-order valence-electron chi connectivity index (χ3n) is 5.25. The first-order valence-electron chi connectivity index (χ1n) is 8.96. The summed E-state index contributed by atoms with van der Waals surface area (Å²) in [5, 5.41) is 4.05. The van der Waals surface area contributed by atoms with Crippen molar-refractivity contribution in [2.75, 3.05) is 18.0 Å². The van der Waals surface area contributed by atoms with Crippen molar-refractivity contribution in [3.8, 4) is 17.2 Å². The standard InChI is InChI=1S/C18H13F3N6O/c19-18(20,21)10-2-1-3-11-12(10)15-22-6-7-26(15)17-13(23-8-27(11)17)14-24-16(28-25-14)9-4-5-9/h1-3,8-9H,4-7H2. The first-order chi connectivity index (χ1) is 13.5. The Bertz CT molecular complexity index is 1140. The minimum Gasteiger partial charge on any atom is -0.339 e. The molecule has 3 aliphatic rings. The highest BCUT2D eigenvalue weighted by Crippen LogP contribution is 2.44. The molecule has 0 atom stereocenters. The van der Waals surface area contributed by atoms with E-state index in [4.69, 9.17) is 4.52 Å². The number of halogens is 3. The molecule has 2 aliphatic heterocycles. The molecule has 3 aromatic rings. The molecule has 4 heterocycles. The van der Waals surface area contributed by atoms with Crippen molar-refractivity contribution in [3.63, 3.8) is 0 Å². The fraction of sp³-hybridized carbons (Fsp3) is 0.333. The zero-order chi connectivity index (χ0) is 19.0. The van der Waals surface area contributed by atoms with Crippen LogP contribution in [-0.2, 0) is 6.18 Å². The van der Waals surface area contributed by atoms with Gasteiger partial charge in [0, 0.05) is 12.5 Å². The highest BCUT2D eigenvalue weighted by atomic mass is 19.4. The summed E-state index contributed by atoms with van der Waals surface area (Å²) < 4.78 is 47.9. The first kappa shape index (κ1) is 15.8. The highest BCUT2D eigenvalue weighted by molar-refractivity contribution is 6.17. The van der Waals surface area contributed by atoms with Gasteiger partial charge in [-0.05, 0) is 25.0 Å². The molecular weight excluding hydrogens is 373 g/mol. The zero-order valence-corrected chi connectivity index (χ0v) is 14.4. The minimum absolute atomic E-state index is 0.0794. The maximum absolute atomic E-state index is 13.6. The smallest absolute Gasteiger partial charge is 0.339 e. The van der Waals surface area contributed by atoms with E-state index < -0.39 is 11.7 Å². The summed E-state index contributed by atoms with van der Waals surface area (Å²) in [6, 6.07) is 4.13. The summed E-state index contributed by atoms with van der Waals surface area (Å²) in [7, 11) is 0. The Labute approximate surface area is 156 Å². The molecule has 1 aliphatic carbocycles. The Morgan fingerprint density at radius 3 is 2.82 bits per heavy atom. The molecule has 1 saturated carbocycles.